The first-order valence-electron chi connectivity index (χ1n) is 3.94. The second-order valence-electron chi connectivity index (χ2n) is 2.81. The van der Waals surface area contributed by atoms with E-state index in [2.05, 4.69) is 4.99 Å². The summed E-state index contributed by atoms with van der Waals surface area (Å²) in [5, 5.41) is 9.34. The van der Waals surface area contributed by atoms with E-state index in [9.17, 15) is 5.11 Å². The third kappa shape index (κ3) is 1.64. The third-order valence-electron chi connectivity index (χ3n) is 1.78. The molecular formula is C10H13NO. The number of hydrogen-bond donors (Lipinski definition) is 1. The van der Waals surface area contributed by atoms with Crippen molar-refractivity contribution >= 4 is 11.9 Å². The molecule has 1 aromatic rings. The summed E-state index contributed by atoms with van der Waals surface area (Å²) in [4.78, 5) is 4.17. The molecule has 0 atom stereocenters. The summed E-state index contributed by atoms with van der Waals surface area (Å²) in [6.07, 6.45) is 1.75. The number of aromatic hydroxyl groups is 1. The maximum absolute atomic E-state index is 9.34. The van der Waals surface area contributed by atoms with Crippen molar-refractivity contribution in [3.8, 4) is 5.75 Å². The van der Waals surface area contributed by atoms with E-state index in [0.717, 1.165) is 16.8 Å². The van der Waals surface area contributed by atoms with Gasteiger partial charge in [0.05, 0.1) is 5.69 Å². The topological polar surface area (TPSA) is 32.6 Å². The summed E-state index contributed by atoms with van der Waals surface area (Å²) in [6, 6.07) is 3.61. The lowest BCUT2D eigenvalue weighted by Crippen LogP contribution is -1.79. The van der Waals surface area contributed by atoms with Crippen LogP contribution < -0.4 is 0 Å². The third-order valence-corrected chi connectivity index (χ3v) is 1.78. The maximum Gasteiger partial charge on any atom is 0.118 e. The van der Waals surface area contributed by atoms with E-state index < -0.39 is 0 Å². The molecule has 0 radical (unpaired) electrons. The van der Waals surface area contributed by atoms with Crippen LogP contribution in [0.15, 0.2) is 17.1 Å². The number of phenolic OH excluding ortho intramolecular Hbond substituents is 1. The molecule has 0 bridgehead atoms. The molecule has 1 N–H and O–H groups in total. The second kappa shape index (κ2) is 3.39. The molecular weight excluding hydrogens is 150 g/mol. The number of rotatable bonds is 1. The van der Waals surface area contributed by atoms with E-state index in [1.54, 1.807) is 12.3 Å². The molecule has 0 fully saturated rings. The lowest BCUT2D eigenvalue weighted by molar-refractivity contribution is 0.471. The number of benzene rings is 1. The Balaban J connectivity index is 3.23. The number of hydrogen-bond acceptors (Lipinski definition) is 2. The molecule has 0 aliphatic heterocycles. The number of phenols is 1. The zero-order valence-corrected chi connectivity index (χ0v) is 7.63. The highest BCUT2D eigenvalue weighted by Crippen LogP contribution is 2.26. The van der Waals surface area contributed by atoms with Gasteiger partial charge in [0.25, 0.3) is 0 Å². The lowest BCUT2D eigenvalue weighted by Gasteiger charge is -2.03. The Kier molecular flexibility index (Phi) is 2.48. The van der Waals surface area contributed by atoms with Crippen LogP contribution in [0.4, 0.5) is 5.69 Å². The average Bonchev–Trinajstić information content (AvgIpc) is 2.01. The molecule has 0 unspecified atom stereocenters. The van der Waals surface area contributed by atoms with Crippen molar-refractivity contribution in [2.75, 3.05) is 0 Å². The fourth-order valence-corrected chi connectivity index (χ4v) is 1.06. The van der Waals surface area contributed by atoms with E-state index in [1.807, 2.05) is 26.8 Å². The van der Waals surface area contributed by atoms with Crippen LogP contribution in [-0.2, 0) is 0 Å². The van der Waals surface area contributed by atoms with Crippen LogP contribution in [0.3, 0.4) is 0 Å². The van der Waals surface area contributed by atoms with E-state index in [0.29, 0.717) is 5.75 Å². The Bertz CT molecular complexity index is 316. The van der Waals surface area contributed by atoms with Gasteiger partial charge in [0.15, 0.2) is 0 Å². The molecule has 0 spiro atoms. The van der Waals surface area contributed by atoms with Gasteiger partial charge in [0.1, 0.15) is 5.75 Å². The Hall–Kier alpha value is -1.31. The SMILES string of the molecule is C/C=N/c1cc(C)c(O)cc1C. The van der Waals surface area contributed by atoms with Crippen molar-refractivity contribution in [1.82, 2.24) is 0 Å². The minimum absolute atomic E-state index is 0.336. The van der Waals surface area contributed by atoms with Crippen LogP contribution in [0.25, 0.3) is 0 Å². The van der Waals surface area contributed by atoms with Gasteiger partial charge in [-0.1, -0.05) is 0 Å². The summed E-state index contributed by atoms with van der Waals surface area (Å²) in [5.41, 5.74) is 2.78. The molecule has 64 valence electrons. The summed E-state index contributed by atoms with van der Waals surface area (Å²) < 4.78 is 0. The van der Waals surface area contributed by atoms with Crippen molar-refractivity contribution < 1.29 is 5.11 Å². The highest BCUT2D eigenvalue weighted by atomic mass is 16.3. The zero-order chi connectivity index (χ0) is 9.14. The van der Waals surface area contributed by atoms with Gasteiger partial charge in [-0.3, -0.25) is 4.99 Å². The molecule has 0 saturated carbocycles. The molecule has 0 heterocycles. The first kappa shape index (κ1) is 8.78. The Morgan fingerprint density at radius 2 is 1.92 bits per heavy atom. The number of nitrogens with zero attached hydrogens (tertiary/aromatic N) is 1. The van der Waals surface area contributed by atoms with Gasteiger partial charge in [-0.2, -0.15) is 0 Å². The molecule has 2 nitrogen and oxygen atoms in total. The molecule has 0 aliphatic carbocycles. The van der Waals surface area contributed by atoms with Crippen LogP contribution >= 0.6 is 0 Å². The molecule has 0 aromatic heterocycles. The van der Waals surface area contributed by atoms with Crippen LogP contribution in [0.5, 0.6) is 5.75 Å². The normalized spacial score (nSPS) is 10.9. The van der Waals surface area contributed by atoms with Gasteiger partial charge >= 0.3 is 0 Å². The zero-order valence-electron chi connectivity index (χ0n) is 7.63. The Morgan fingerprint density at radius 3 is 2.50 bits per heavy atom. The van der Waals surface area contributed by atoms with Crippen molar-refractivity contribution in [3.05, 3.63) is 23.3 Å². The molecule has 0 saturated heterocycles. The van der Waals surface area contributed by atoms with E-state index >= 15 is 0 Å². The minimum atomic E-state index is 0.336. The standard InChI is InChI=1S/C10H13NO/c1-4-11-9-5-8(3)10(12)6-7(9)2/h4-6,12H,1-3H3/b11-4+. The van der Waals surface area contributed by atoms with Crippen LogP contribution in [0.1, 0.15) is 18.1 Å². The van der Waals surface area contributed by atoms with E-state index in [4.69, 9.17) is 0 Å². The quantitative estimate of drug-likeness (QED) is 0.634. The molecule has 12 heavy (non-hydrogen) atoms. The van der Waals surface area contributed by atoms with E-state index in [1.165, 1.54) is 0 Å². The average molecular weight is 163 g/mol. The fourth-order valence-electron chi connectivity index (χ4n) is 1.06. The Labute approximate surface area is 72.6 Å². The number of aryl methyl sites for hydroxylation is 2. The van der Waals surface area contributed by atoms with E-state index in [-0.39, 0.29) is 0 Å². The summed E-state index contributed by atoms with van der Waals surface area (Å²) in [7, 11) is 0. The van der Waals surface area contributed by atoms with Crippen LogP contribution in [0.2, 0.25) is 0 Å². The monoisotopic (exact) mass is 163 g/mol. The predicted octanol–water partition coefficient (Wildman–Crippen LogP) is 2.73. The van der Waals surface area contributed by atoms with Gasteiger partial charge < -0.3 is 5.11 Å². The minimum Gasteiger partial charge on any atom is -0.508 e. The highest BCUT2D eigenvalue weighted by Gasteiger charge is 2.00. The van der Waals surface area contributed by atoms with Crippen molar-refractivity contribution in [1.29, 1.82) is 0 Å². The summed E-state index contributed by atoms with van der Waals surface area (Å²) >= 11 is 0. The van der Waals surface area contributed by atoms with Crippen molar-refractivity contribution in [2.45, 2.75) is 20.8 Å². The van der Waals surface area contributed by atoms with Crippen LogP contribution in [0, 0.1) is 13.8 Å². The molecule has 0 aliphatic rings. The van der Waals surface area contributed by atoms with Crippen LogP contribution in [-0.4, -0.2) is 11.3 Å². The largest absolute Gasteiger partial charge is 0.508 e. The Morgan fingerprint density at radius 1 is 1.25 bits per heavy atom. The summed E-state index contributed by atoms with van der Waals surface area (Å²) in [5.74, 6) is 0.336. The fraction of sp³-hybridized carbons (Fsp3) is 0.300. The smallest absolute Gasteiger partial charge is 0.118 e. The maximum atomic E-state index is 9.34. The predicted molar refractivity (Wildman–Crippen MR) is 51.4 cm³/mol. The number of aliphatic imine (C=N–C) groups is 1. The molecule has 1 rings (SSSR count). The first-order valence-corrected chi connectivity index (χ1v) is 3.94. The van der Waals surface area contributed by atoms with Gasteiger partial charge in [-0.15, -0.1) is 0 Å². The van der Waals surface area contributed by atoms with Gasteiger partial charge in [0.2, 0.25) is 0 Å². The van der Waals surface area contributed by atoms with Crippen molar-refractivity contribution in [2.24, 2.45) is 4.99 Å². The van der Waals surface area contributed by atoms with Gasteiger partial charge in [0, 0.05) is 6.21 Å². The molecule has 2 heteroatoms. The van der Waals surface area contributed by atoms with Gasteiger partial charge in [-0.05, 0) is 44.0 Å². The first-order chi connectivity index (χ1) is 5.65. The van der Waals surface area contributed by atoms with Gasteiger partial charge in [-0.25, -0.2) is 0 Å². The molecule has 0 amide bonds. The highest BCUT2D eigenvalue weighted by molar-refractivity contribution is 5.63. The molecule has 1 aromatic carbocycles. The second-order valence-corrected chi connectivity index (χ2v) is 2.81. The van der Waals surface area contributed by atoms with Crippen molar-refractivity contribution in [3.63, 3.8) is 0 Å². The lowest BCUT2D eigenvalue weighted by atomic mass is 10.1. The summed E-state index contributed by atoms with van der Waals surface area (Å²) in [6.45, 7) is 5.67.